The molecule has 0 aromatic heterocycles. The van der Waals surface area contributed by atoms with Crippen LogP contribution in [-0.2, 0) is 14.4 Å². The summed E-state index contributed by atoms with van der Waals surface area (Å²) in [6.07, 6.45) is 3.13. The highest BCUT2D eigenvalue weighted by Gasteiger charge is 2.30. The second kappa shape index (κ2) is 7.30. The lowest BCUT2D eigenvalue weighted by Crippen LogP contribution is -2.41. The summed E-state index contributed by atoms with van der Waals surface area (Å²) in [5.41, 5.74) is 0. The van der Waals surface area contributed by atoms with Gasteiger partial charge < -0.3 is 15.5 Å². The highest BCUT2D eigenvalue weighted by atomic mass is 32.2. The van der Waals surface area contributed by atoms with E-state index >= 15 is 0 Å². The summed E-state index contributed by atoms with van der Waals surface area (Å²) in [6.45, 7) is 1.16. The Balaban J connectivity index is 2.41. The third-order valence-electron chi connectivity index (χ3n) is 2.86. The van der Waals surface area contributed by atoms with E-state index in [2.05, 4.69) is 5.32 Å². The van der Waals surface area contributed by atoms with Crippen LogP contribution in [0.25, 0.3) is 0 Å². The van der Waals surface area contributed by atoms with Crippen LogP contribution in [0.15, 0.2) is 12.2 Å². The first-order valence-electron chi connectivity index (χ1n) is 5.86. The topological polar surface area (TPSA) is 104 Å². The van der Waals surface area contributed by atoms with Crippen molar-refractivity contribution in [2.45, 2.75) is 13.0 Å². The molecular formula is C12H17NO5S. The van der Waals surface area contributed by atoms with E-state index in [9.17, 15) is 14.4 Å². The largest absolute Gasteiger partial charge is 0.480 e. The molecule has 0 fully saturated rings. The minimum Gasteiger partial charge on any atom is -0.480 e. The molecule has 3 atom stereocenters. The number of hydrogen-bond donors (Lipinski definition) is 3. The second-order valence-electron chi connectivity index (χ2n) is 4.34. The summed E-state index contributed by atoms with van der Waals surface area (Å²) < 4.78 is 0. The van der Waals surface area contributed by atoms with Crippen LogP contribution < -0.4 is 5.32 Å². The van der Waals surface area contributed by atoms with Crippen molar-refractivity contribution in [3.8, 4) is 0 Å². The van der Waals surface area contributed by atoms with E-state index < -0.39 is 17.9 Å². The number of carbonyl (C=O) groups is 3. The van der Waals surface area contributed by atoms with Crippen molar-refractivity contribution >= 4 is 29.4 Å². The van der Waals surface area contributed by atoms with Crippen LogP contribution in [0.3, 0.4) is 0 Å². The zero-order valence-electron chi connectivity index (χ0n) is 10.5. The number of carbonyl (C=O) groups excluding carboxylic acids is 2. The lowest BCUT2D eigenvalue weighted by atomic mass is 9.98. The molecule has 0 radical (unpaired) electrons. The highest BCUT2D eigenvalue weighted by molar-refractivity contribution is 7.99. The van der Waals surface area contributed by atoms with E-state index in [1.165, 1.54) is 24.8 Å². The van der Waals surface area contributed by atoms with Gasteiger partial charge in [0.25, 0.3) is 0 Å². The number of aliphatic hydroxyl groups excluding tert-OH is 1. The number of amides is 1. The first-order valence-corrected chi connectivity index (χ1v) is 7.01. The van der Waals surface area contributed by atoms with E-state index in [4.69, 9.17) is 10.2 Å². The molecule has 1 rings (SSSR count). The molecule has 0 aliphatic heterocycles. The number of hydrogen-bond acceptors (Lipinski definition) is 5. The van der Waals surface area contributed by atoms with Crippen LogP contribution in [0.5, 0.6) is 0 Å². The molecular weight excluding hydrogens is 270 g/mol. The van der Waals surface area contributed by atoms with E-state index in [0.717, 1.165) is 0 Å². The number of carboxylic acid groups (broad SMARTS) is 1. The van der Waals surface area contributed by atoms with Gasteiger partial charge in [0.1, 0.15) is 6.04 Å². The number of allylic oxidation sites excluding steroid dienone is 1. The van der Waals surface area contributed by atoms with E-state index in [0.29, 0.717) is 5.75 Å². The Kier molecular flexibility index (Phi) is 6.04. The maximum Gasteiger partial charge on any atom is 0.327 e. The standard InChI is InChI=1S/C12H17NO5S/c1-7(15)13-10(12(17)18)6-19-5-9-8(4-14)2-3-11(9)16/h2-3,8-10,14H,4-6H2,1H3,(H,13,15)(H,17,18)/t8?,9?,10-/m0/s1. The van der Waals surface area contributed by atoms with Crippen molar-refractivity contribution in [1.82, 2.24) is 5.32 Å². The number of nitrogens with one attached hydrogen (secondary N) is 1. The van der Waals surface area contributed by atoms with Gasteiger partial charge in [-0.05, 0) is 6.08 Å². The van der Waals surface area contributed by atoms with Crippen LogP contribution in [-0.4, -0.2) is 52.0 Å². The number of aliphatic hydroxyl groups is 1. The smallest absolute Gasteiger partial charge is 0.327 e. The molecule has 0 aromatic rings. The van der Waals surface area contributed by atoms with Gasteiger partial charge in [0.15, 0.2) is 5.78 Å². The Labute approximate surface area is 115 Å². The molecule has 1 aliphatic carbocycles. The zero-order valence-corrected chi connectivity index (χ0v) is 11.4. The van der Waals surface area contributed by atoms with Gasteiger partial charge in [-0.25, -0.2) is 4.79 Å². The lowest BCUT2D eigenvalue weighted by molar-refractivity contribution is -0.140. The predicted molar refractivity (Wildman–Crippen MR) is 70.8 cm³/mol. The normalized spacial score (nSPS) is 23.4. The minimum atomic E-state index is -1.10. The third-order valence-corrected chi connectivity index (χ3v) is 4.02. The summed E-state index contributed by atoms with van der Waals surface area (Å²) in [5.74, 6) is -1.42. The van der Waals surface area contributed by atoms with Crippen LogP contribution >= 0.6 is 11.8 Å². The van der Waals surface area contributed by atoms with Crippen molar-refractivity contribution < 1.29 is 24.6 Å². The molecule has 19 heavy (non-hydrogen) atoms. The van der Waals surface area contributed by atoms with E-state index in [1.807, 2.05) is 0 Å². The van der Waals surface area contributed by atoms with Gasteiger partial charge in [-0.1, -0.05) is 6.08 Å². The number of aliphatic carboxylic acids is 1. The molecule has 0 spiro atoms. The van der Waals surface area contributed by atoms with Gasteiger partial charge in [-0.15, -0.1) is 0 Å². The first-order chi connectivity index (χ1) is 8.95. The molecule has 6 nitrogen and oxygen atoms in total. The average molecular weight is 287 g/mol. The van der Waals surface area contributed by atoms with Crippen LogP contribution in [0.2, 0.25) is 0 Å². The molecule has 7 heteroatoms. The SMILES string of the molecule is CC(=O)N[C@@H](CSCC1C(=O)C=CC1CO)C(=O)O. The molecule has 0 bridgehead atoms. The predicted octanol–water partition coefficient (Wildman–Crippen LogP) is -0.327. The van der Waals surface area contributed by atoms with Crippen LogP contribution in [0.1, 0.15) is 6.92 Å². The quantitative estimate of drug-likeness (QED) is 0.592. The Hall–Kier alpha value is -1.34. The lowest BCUT2D eigenvalue weighted by Gasteiger charge is -2.17. The average Bonchev–Trinajstić information content (AvgIpc) is 2.68. The summed E-state index contributed by atoms with van der Waals surface area (Å²) in [4.78, 5) is 33.3. The molecule has 106 valence electrons. The molecule has 0 saturated heterocycles. The molecule has 1 amide bonds. The minimum absolute atomic E-state index is 0.0436. The number of thioether (sulfide) groups is 1. The zero-order chi connectivity index (χ0) is 14.4. The van der Waals surface area contributed by atoms with Crippen molar-refractivity contribution in [1.29, 1.82) is 0 Å². The molecule has 0 saturated carbocycles. The van der Waals surface area contributed by atoms with Crippen LogP contribution in [0, 0.1) is 11.8 Å². The van der Waals surface area contributed by atoms with Gasteiger partial charge >= 0.3 is 5.97 Å². The Bertz CT molecular complexity index is 396. The summed E-state index contributed by atoms with van der Waals surface area (Å²) in [6, 6.07) is -0.959. The van der Waals surface area contributed by atoms with Crippen molar-refractivity contribution in [2.24, 2.45) is 11.8 Å². The summed E-state index contributed by atoms with van der Waals surface area (Å²) >= 11 is 1.28. The fourth-order valence-electron chi connectivity index (χ4n) is 1.81. The van der Waals surface area contributed by atoms with Crippen molar-refractivity contribution in [3.63, 3.8) is 0 Å². The summed E-state index contributed by atoms with van der Waals surface area (Å²) in [7, 11) is 0. The Morgan fingerprint density at radius 3 is 2.74 bits per heavy atom. The Morgan fingerprint density at radius 1 is 1.53 bits per heavy atom. The van der Waals surface area contributed by atoms with Crippen LogP contribution in [0.4, 0.5) is 0 Å². The van der Waals surface area contributed by atoms with E-state index in [1.54, 1.807) is 6.08 Å². The van der Waals surface area contributed by atoms with Gasteiger partial charge in [0.05, 0.1) is 6.61 Å². The third kappa shape index (κ3) is 4.68. The molecule has 0 aromatic carbocycles. The second-order valence-corrected chi connectivity index (χ2v) is 5.42. The molecule has 1 aliphatic rings. The number of rotatable bonds is 7. The highest BCUT2D eigenvalue weighted by Crippen LogP contribution is 2.25. The number of carboxylic acids is 1. The fourth-order valence-corrected chi connectivity index (χ4v) is 3.08. The fraction of sp³-hybridized carbons (Fsp3) is 0.583. The van der Waals surface area contributed by atoms with Gasteiger partial charge in [-0.2, -0.15) is 11.8 Å². The molecule has 0 heterocycles. The Morgan fingerprint density at radius 2 is 2.21 bits per heavy atom. The maximum atomic E-state index is 11.5. The maximum absolute atomic E-state index is 11.5. The monoisotopic (exact) mass is 287 g/mol. The van der Waals surface area contributed by atoms with Crippen molar-refractivity contribution in [3.05, 3.63) is 12.2 Å². The van der Waals surface area contributed by atoms with Gasteiger partial charge in [0, 0.05) is 30.3 Å². The number of ketones is 1. The van der Waals surface area contributed by atoms with Gasteiger partial charge in [0.2, 0.25) is 5.91 Å². The summed E-state index contributed by atoms with van der Waals surface area (Å²) in [5, 5.41) is 20.4. The van der Waals surface area contributed by atoms with E-state index in [-0.39, 0.29) is 30.0 Å². The molecule has 2 unspecified atom stereocenters. The van der Waals surface area contributed by atoms with Gasteiger partial charge in [-0.3, -0.25) is 9.59 Å². The molecule has 3 N–H and O–H groups in total. The first kappa shape index (κ1) is 15.7. The van der Waals surface area contributed by atoms with Crippen molar-refractivity contribution in [2.75, 3.05) is 18.1 Å².